The molecule has 0 aliphatic heterocycles. The Kier molecular flexibility index (Phi) is 9.15. The van der Waals surface area contributed by atoms with Gasteiger partial charge in [-0.3, -0.25) is 4.99 Å². The van der Waals surface area contributed by atoms with E-state index in [9.17, 15) is 0 Å². The van der Waals surface area contributed by atoms with Gasteiger partial charge in [0.15, 0.2) is 5.96 Å². The van der Waals surface area contributed by atoms with E-state index < -0.39 is 0 Å². The molecule has 5 nitrogen and oxygen atoms in total. The largest absolute Gasteiger partial charge is 0.494 e. The number of thiophene rings is 1. The molecule has 27 heavy (non-hydrogen) atoms. The molecule has 2 rings (SSSR count). The van der Waals surface area contributed by atoms with Gasteiger partial charge in [0, 0.05) is 37.5 Å². The van der Waals surface area contributed by atoms with E-state index in [1.54, 1.807) is 18.4 Å². The lowest BCUT2D eigenvalue weighted by molar-refractivity contribution is 0.281. The van der Waals surface area contributed by atoms with Crippen molar-refractivity contribution in [1.82, 2.24) is 15.5 Å². The Morgan fingerprint density at radius 2 is 1.96 bits per heavy atom. The summed E-state index contributed by atoms with van der Waals surface area (Å²) in [6, 6.07) is 12.5. The molecule has 0 aliphatic carbocycles. The van der Waals surface area contributed by atoms with E-state index in [2.05, 4.69) is 71.2 Å². The first-order valence-electron chi connectivity index (χ1n) is 9.43. The molecule has 1 aromatic carbocycles. The molecular weight excluding hydrogens is 356 g/mol. The van der Waals surface area contributed by atoms with Crippen LogP contribution < -0.4 is 15.4 Å². The van der Waals surface area contributed by atoms with Gasteiger partial charge in [0.25, 0.3) is 0 Å². The van der Waals surface area contributed by atoms with Gasteiger partial charge >= 0.3 is 0 Å². The second-order valence-corrected chi connectivity index (χ2v) is 7.85. The number of rotatable bonds is 10. The van der Waals surface area contributed by atoms with Gasteiger partial charge in [-0.05, 0) is 49.7 Å². The lowest BCUT2D eigenvalue weighted by Gasteiger charge is -2.15. The highest BCUT2D eigenvalue weighted by atomic mass is 32.1. The molecule has 6 heteroatoms. The molecule has 0 saturated heterocycles. The average molecular weight is 389 g/mol. The third-order valence-corrected chi connectivity index (χ3v) is 5.33. The maximum atomic E-state index is 5.78. The highest BCUT2D eigenvalue weighted by molar-refractivity contribution is 7.10. The van der Waals surface area contributed by atoms with E-state index in [4.69, 9.17) is 4.74 Å². The zero-order valence-corrected chi connectivity index (χ0v) is 17.7. The van der Waals surface area contributed by atoms with Crippen molar-refractivity contribution in [3.63, 3.8) is 0 Å². The predicted molar refractivity (Wildman–Crippen MR) is 116 cm³/mol. The van der Waals surface area contributed by atoms with Crippen molar-refractivity contribution >= 4 is 17.3 Å². The minimum atomic E-state index is 0.465. The topological polar surface area (TPSA) is 48.9 Å². The van der Waals surface area contributed by atoms with Crippen molar-refractivity contribution in [2.24, 2.45) is 4.99 Å². The average Bonchev–Trinajstić information content (AvgIpc) is 3.21. The molecule has 0 spiro atoms. The van der Waals surface area contributed by atoms with Crippen LogP contribution in [0.25, 0.3) is 0 Å². The Labute approximate surface area is 167 Å². The molecule has 2 aromatic rings. The molecule has 0 aliphatic rings. The van der Waals surface area contributed by atoms with Gasteiger partial charge in [-0.25, -0.2) is 0 Å². The van der Waals surface area contributed by atoms with E-state index >= 15 is 0 Å². The third-order valence-electron chi connectivity index (χ3n) is 4.23. The lowest BCUT2D eigenvalue weighted by atomic mass is 10.1. The molecule has 1 heterocycles. The van der Waals surface area contributed by atoms with Crippen LogP contribution in [-0.4, -0.2) is 51.7 Å². The second-order valence-electron chi connectivity index (χ2n) is 6.87. The molecule has 0 saturated carbocycles. The van der Waals surface area contributed by atoms with Crippen molar-refractivity contribution in [3.05, 3.63) is 52.2 Å². The Morgan fingerprint density at radius 3 is 2.59 bits per heavy atom. The number of ether oxygens (including phenoxy) is 1. The zero-order valence-electron chi connectivity index (χ0n) is 16.9. The van der Waals surface area contributed by atoms with Gasteiger partial charge < -0.3 is 20.3 Å². The van der Waals surface area contributed by atoms with Crippen molar-refractivity contribution in [2.45, 2.75) is 25.8 Å². The molecular formula is C21H32N4OS. The number of hydrogen-bond acceptors (Lipinski definition) is 4. The standard InChI is InChI=1S/C21H32N4OS/c1-17(20-7-5-14-27-20)15-23-21(22-2)24-16-18-8-10-19(11-9-18)26-13-6-12-25(3)4/h5,7-11,14,17H,6,12-13,15-16H2,1-4H3,(H2,22,23,24). The minimum Gasteiger partial charge on any atom is -0.494 e. The number of guanidine groups is 1. The van der Waals surface area contributed by atoms with Gasteiger partial charge in [-0.15, -0.1) is 11.3 Å². The van der Waals surface area contributed by atoms with Gasteiger partial charge in [0.1, 0.15) is 5.75 Å². The highest BCUT2D eigenvalue weighted by Crippen LogP contribution is 2.19. The van der Waals surface area contributed by atoms with Gasteiger partial charge in [0.05, 0.1) is 6.61 Å². The summed E-state index contributed by atoms with van der Waals surface area (Å²) < 4.78 is 5.78. The van der Waals surface area contributed by atoms with Crippen LogP contribution in [0.3, 0.4) is 0 Å². The quantitative estimate of drug-likeness (QED) is 0.371. The predicted octanol–water partition coefficient (Wildman–Crippen LogP) is 3.55. The summed E-state index contributed by atoms with van der Waals surface area (Å²) >= 11 is 1.80. The van der Waals surface area contributed by atoms with E-state index in [1.807, 2.05) is 12.1 Å². The van der Waals surface area contributed by atoms with Crippen molar-refractivity contribution < 1.29 is 4.74 Å². The Morgan fingerprint density at radius 1 is 1.19 bits per heavy atom. The highest BCUT2D eigenvalue weighted by Gasteiger charge is 2.07. The van der Waals surface area contributed by atoms with E-state index in [1.165, 1.54) is 10.4 Å². The molecule has 0 amide bonds. The number of aliphatic imine (C=N–C) groups is 1. The fourth-order valence-corrected chi connectivity index (χ4v) is 3.39. The monoisotopic (exact) mass is 388 g/mol. The van der Waals surface area contributed by atoms with Crippen LogP contribution in [0.5, 0.6) is 5.75 Å². The van der Waals surface area contributed by atoms with Crippen LogP contribution >= 0.6 is 11.3 Å². The van der Waals surface area contributed by atoms with Crippen LogP contribution in [0.15, 0.2) is 46.8 Å². The van der Waals surface area contributed by atoms with Gasteiger partial charge in [0.2, 0.25) is 0 Å². The molecule has 1 atom stereocenters. The van der Waals surface area contributed by atoms with Crippen LogP contribution in [0.1, 0.15) is 29.7 Å². The molecule has 0 radical (unpaired) electrons. The first-order valence-corrected chi connectivity index (χ1v) is 10.3. The fourth-order valence-electron chi connectivity index (χ4n) is 2.60. The SMILES string of the molecule is CN=C(NCc1ccc(OCCCN(C)C)cc1)NCC(C)c1cccs1. The number of nitrogens with one attached hydrogen (secondary N) is 2. The minimum absolute atomic E-state index is 0.465. The summed E-state index contributed by atoms with van der Waals surface area (Å²) in [5.74, 6) is 2.21. The second kappa shape index (κ2) is 11.6. The van der Waals surface area contributed by atoms with Gasteiger partial charge in [-0.2, -0.15) is 0 Å². The summed E-state index contributed by atoms with van der Waals surface area (Å²) in [7, 11) is 5.95. The van der Waals surface area contributed by atoms with E-state index in [0.29, 0.717) is 5.92 Å². The zero-order chi connectivity index (χ0) is 19.5. The summed E-state index contributed by atoms with van der Waals surface area (Å²) in [6.45, 7) is 5.60. The normalized spacial score (nSPS) is 12.9. The molecule has 2 N–H and O–H groups in total. The summed E-state index contributed by atoms with van der Waals surface area (Å²) in [4.78, 5) is 7.86. The molecule has 1 unspecified atom stereocenters. The fraction of sp³-hybridized carbons (Fsp3) is 0.476. The maximum Gasteiger partial charge on any atom is 0.191 e. The smallest absolute Gasteiger partial charge is 0.191 e. The summed E-state index contributed by atoms with van der Waals surface area (Å²) in [5.41, 5.74) is 1.20. The van der Waals surface area contributed by atoms with Crippen LogP contribution in [-0.2, 0) is 6.54 Å². The van der Waals surface area contributed by atoms with Crippen LogP contribution in [0.4, 0.5) is 0 Å². The number of benzene rings is 1. The van der Waals surface area contributed by atoms with Crippen LogP contribution in [0.2, 0.25) is 0 Å². The van der Waals surface area contributed by atoms with E-state index in [-0.39, 0.29) is 0 Å². The van der Waals surface area contributed by atoms with Crippen LogP contribution in [0, 0.1) is 0 Å². The maximum absolute atomic E-state index is 5.78. The molecule has 1 aromatic heterocycles. The number of hydrogen-bond donors (Lipinski definition) is 2. The number of nitrogens with zero attached hydrogens (tertiary/aromatic N) is 2. The summed E-state index contributed by atoms with van der Waals surface area (Å²) in [5, 5.41) is 8.89. The molecule has 0 bridgehead atoms. The first kappa shape index (κ1) is 21.3. The first-order chi connectivity index (χ1) is 13.1. The molecule has 0 fully saturated rings. The lowest BCUT2D eigenvalue weighted by Crippen LogP contribution is -2.38. The van der Waals surface area contributed by atoms with Crippen molar-refractivity contribution in [1.29, 1.82) is 0 Å². The third kappa shape index (κ3) is 8.01. The molecule has 148 valence electrons. The van der Waals surface area contributed by atoms with E-state index in [0.717, 1.165) is 44.4 Å². The van der Waals surface area contributed by atoms with Crippen molar-refractivity contribution in [3.8, 4) is 5.75 Å². The summed E-state index contributed by atoms with van der Waals surface area (Å²) in [6.07, 6.45) is 1.03. The van der Waals surface area contributed by atoms with Gasteiger partial charge in [-0.1, -0.05) is 25.1 Å². The Bertz CT molecular complexity index is 668. The Hall–Kier alpha value is -2.05. The van der Waals surface area contributed by atoms with Crippen molar-refractivity contribution in [2.75, 3.05) is 40.8 Å². The Balaban J connectivity index is 1.71.